The molecule has 0 amide bonds. The monoisotopic (exact) mass is 260 g/mol. The van der Waals surface area contributed by atoms with E-state index in [0.29, 0.717) is 5.54 Å². The summed E-state index contributed by atoms with van der Waals surface area (Å²) in [4.78, 5) is 2.63. The summed E-state index contributed by atoms with van der Waals surface area (Å²) in [5.74, 6) is 0. The van der Waals surface area contributed by atoms with Crippen LogP contribution in [-0.2, 0) is 6.54 Å². The van der Waals surface area contributed by atoms with Gasteiger partial charge in [0, 0.05) is 18.6 Å². The van der Waals surface area contributed by atoms with Gasteiger partial charge in [-0.25, -0.2) is 0 Å². The molecule has 19 heavy (non-hydrogen) atoms. The molecule has 1 aromatic rings. The average molecular weight is 260 g/mol. The smallest absolute Gasteiger partial charge is 0.0303 e. The molecule has 1 heterocycles. The van der Waals surface area contributed by atoms with E-state index < -0.39 is 0 Å². The Morgan fingerprint density at radius 1 is 1.21 bits per heavy atom. The average Bonchev–Trinajstić information content (AvgIpc) is 2.64. The van der Waals surface area contributed by atoms with Crippen molar-refractivity contribution in [3.63, 3.8) is 0 Å². The van der Waals surface area contributed by atoms with Crippen LogP contribution in [-0.4, -0.2) is 30.1 Å². The SMILES string of the molecule is CCC1(CC)CN(Cc2ccccc2C)CCCN1. The molecular weight excluding hydrogens is 232 g/mol. The van der Waals surface area contributed by atoms with Gasteiger partial charge in [-0.15, -0.1) is 0 Å². The lowest BCUT2D eigenvalue weighted by molar-refractivity contribution is 0.191. The Labute approximate surface area is 118 Å². The minimum Gasteiger partial charge on any atom is -0.310 e. The zero-order chi connectivity index (χ0) is 13.7. The third-order valence-electron chi connectivity index (χ3n) is 4.69. The van der Waals surface area contributed by atoms with Crippen molar-refractivity contribution in [1.82, 2.24) is 10.2 Å². The standard InChI is InChI=1S/C17H28N2/c1-4-17(5-2)14-19(12-8-11-18-17)13-16-10-7-6-9-15(16)3/h6-7,9-10,18H,4-5,8,11-14H2,1-3H3. The zero-order valence-electron chi connectivity index (χ0n) is 12.7. The van der Waals surface area contributed by atoms with Gasteiger partial charge in [0.1, 0.15) is 0 Å². The predicted octanol–water partition coefficient (Wildman–Crippen LogP) is 3.35. The van der Waals surface area contributed by atoms with Crippen LogP contribution in [0.25, 0.3) is 0 Å². The molecule has 0 atom stereocenters. The number of benzene rings is 1. The molecule has 1 aliphatic rings. The van der Waals surface area contributed by atoms with Crippen LogP contribution in [0.2, 0.25) is 0 Å². The van der Waals surface area contributed by atoms with E-state index >= 15 is 0 Å². The topological polar surface area (TPSA) is 15.3 Å². The molecule has 1 aliphatic heterocycles. The molecule has 1 saturated heterocycles. The van der Waals surface area contributed by atoms with Gasteiger partial charge in [0.15, 0.2) is 0 Å². The molecule has 1 fully saturated rings. The molecule has 0 unspecified atom stereocenters. The van der Waals surface area contributed by atoms with Crippen molar-refractivity contribution in [2.75, 3.05) is 19.6 Å². The van der Waals surface area contributed by atoms with E-state index in [4.69, 9.17) is 0 Å². The van der Waals surface area contributed by atoms with Gasteiger partial charge in [0.2, 0.25) is 0 Å². The summed E-state index contributed by atoms with van der Waals surface area (Å²) in [7, 11) is 0. The Morgan fingerprint density at radius 3 is 2.63 bits per heavy atom. The molecular formula is C17H28N2. The summed E-state index contributed by atoms with van der Waals surface area (Å²) in [6, 6.07) is 8.78. The molecule has 106 valence electrons. The summed E-state index contributed by atoms with van der Waals surface area (Å²) in [5, 5.41) is 3.78. The van der Waals surface area contributed by atoms with Gasteiger partial charge in [-0.05, 0) is 50.4 Å². The van der Waals surface area contributed by atoms with E-state index in [-0.39, 0.29) is 0 Å². The number of hydrogen-bond acceptors (Lipinski definition) is 2. The second-order valence-corrected chi connectivity index (χ2v) is 5.90. The number of rotatable bonds is 4. The lowest BCUT2D eigenvalue weighted by Crippen LogP contribution is -2.50. The minimum atomic E-state index is 0.319. The Morgan fingerprint density at radius 2 is 1.95 bits per heavy atom. The van der Waals surface area contributed by atoms with Crippen LogP contribution >= 0.6 is 0 Å². The first-order chi connectivity index (χ1) is 9.19. The van der Waals surface area contributed by atoms with E-state index in [0.717, 1.165) is 13.1 Å². The summed E-state index contributed by atoms with van der Waals surface area (Å²) in [5.41, 5.74) is 3.21. The van der Waals surface area contributed by atoms with Gasteiger partial charge in [-0.3, -0.25) is 4.90 Å². The first-order valence-electron chi connectivity index (χ1n) is 7.71. The third kappa shape index (κ3) is 3.58. The van der Waals surface area contributed by atoms with Crippen LogP contribution in [0.3, 0.4) is 0 Å². The van der Waals surface area contributed by atoms with Gasteiger partial charge >= 0.3 is 0 Å². The molecule has 1 N–H and O–H groups in total. The van der Waals surface area contributed by atoms with Crippen LogP contribution in [0, 0.1) is 6.92 Å². The highest BCUT2D eigenvalue weighted by molar-refractivity contribution is 5.25. The van der Waals surface area contributed by atoms with Crippen molar-refractivity contribution >= 4 is 0 Å². The Hall–Kier alpha value is -0.860. The first kappa shape index (κ1) is 14.5. The van der Waals surface area contributed by atoms with Gasteiger partial charge in [-0.1, -0.05) is 38.1 Å². The van der Waals surface area contributed by atoms with Crippen LogP contribution < -0.4 is 5.32 Å². The van der Waals surface area contributed by atoms with Crippen molar-refractivity contribution < 1.29 is 0 Å². The van der Waals surface area contributed by atoms with E-state index in [1.165, 1.54) is 43.5 Å². The van der Waals surface area contributed by atoms with E-state index in [2.05, 4.69) is 55.3 Å². The van der Waals surface area contributed by atoms with Crippen molar-refractivity contribution in [2.24, 2.45) is 0 Å². The molecule has 2 rings (SSSR count). The summed E-state index contributed by atoms with van der Waals surface area (Å²) in [6.07, 6.45) is 3.69. The minimum absolute atomic E-state index is 0.319. The van der Waals surface area contributed by atoms with Gasteiger partial charge in [0.25, 0.3) is 0 Å². The molecule has 0 radical (unpaired) electrons. The second-order valence-electron chi connectivity index (χ2n) is 5.90. The summed E-state index contributed by atoms with van der Waals surface area (Å²) < 4.78 is 0. The summed E-state index contributed by atoms with van der Waals surface area (Å²) >= 11 is 0. The van der Waals surface area contributed by atoms with Crippen LogP contribution in [0.15, 0.2) is 24.3 Å². The summed E-state index contributed by atoms with van der Waals surface area (Å²) in [6.45, 7) is 11.5. The van der Waals surface area contributed by atoms with Gasteiger partial charge < -0.3 is 5.32 Å². The van der Waals surface area contributed by atoms with E-state index in [1.54, 1.807) is 0 Å². The highest BCUT2D eigenvalue weighted by Crippen LogP contribution is 2.21. The van der Waals surface area contributed by atoms with Crippen LogP contribution in [0.5, 0.6) is 0 Å². The molecule has 0 saturated carbocycles. The number of nitrogens with one attached hydrogen (secondary N) is 1. The fraction of sp³-hybridized carbons (Fsp3) is 0.647. The van der Waals surface area contributed by atoms with Gasteiger partial charge in [-0.2, -0.15) is 0 Å². The highest BCUT2D eigenvalue weighted by atomic mass is 15.2. The maximum atomic E-state index is 3.78. The second kappa shape index (κ2) is 6.53. The Kier molecular flexibility index (Phi) is 5.00. The quantitative estimate of drug-likeness (QED) is 0.893. The fourth-order valence-corrected chi connectivity index (χ4v) is 3.11. The predicted molar refractivity (Wildman–Crippen MR) is 82.4 cm³/mol. The first-order valence-corrected chi connectivity index (χ1v) is 7.71. The molecule has 0 aromatic heterocycles. The third-order valence-corrected chi connectivity index (χ3v) is 4.69. The van der Waals surface area contributed by atoms with Crippen LogP contribution in [0.4, 0.5) is 0 Å². The van der Waals surface area contributed by atoms with Gasteiger partial charge in [0.05, 0.1) is 0 Å². The highest BCUT2D eigenvalue weighted by Gasteiger charge is 2.30. The fourth-order valence-electron chi connectivity index (χ4n) is 3.11. The normalized spacial score (nSPS) is 20.2. The molecule has 0 spiro atoms. The maximum Gasteiger partial charge on any atom is 0.0303 e. The molecule has 0 aliphatic carbocycles. The van der Waals surface area contributed by atoms with E-state index in [9.17, 15) is 0 Å². The van der Waals surface area contributed by atoms with Crippen molar-refractivity contribution in [3.8, 4) is 0 Å². The van der Waals surface area contributed by atoms with Crippen molar-refractivity contribution in [3.05, 3.63) is 35.4 Å². The Balaban J connectivity index is 2.09. The van der Waals surface area contributed by atoms with Crippen LogP contribution in [0.1, 0.15) is 44.2 Å². The largest absolute Gasteiger partial charge is 0.310 e. The number of hydrogen-bond donors (Lipinski definition) is 1. The maximum absolute atomic E-state index is 3.78. The van der Waals surface area contributed by atoms with Crippen molar-refractivity contribution in [1.29, 1.82) is 0 Å². The lowest BCUT2D eigenvalue weighted by atomic mass is 9.92. The molecule has 2 heteroatoms. The number of aryl methyl sites for hydroxylation is 1. The zero-order valence-corrected chi connectivity index (χ0v) is 12.7. The lowest BCUT2D eigenvalue weighted by Gasteiger charge is -2.35. The molecule has 1 aromatic carbocycles. The van der Waals surface area contributed by atoms with E-state index in [1.807, 2.05) is 0 Å². The molecule has 0 bridgehead atoms. The molecule has 2 nitrogen and oxygen atoms in total. The van der Waals surface area contributed by atoms with Crippen molar-refractivity contribution in [2.45, 2.75) is 52.1 Å². The number of nitrogens with zero attached hydrogens (tertiary/aromatic N) is 1. The Bertz CT molecular complexity index is 396.